The molecule has 1 heterocycles. The molecule has 0 radical (unpaired) electrons. The lowest BCUT2D eigenvalue weighted by atomic mass is 10.1. The molecular formula is C9H9ClN2O2S. The normalized spacial score (nSPS) is 24.3. The maximum atomic E-state index is 10.7. The summed E-state index contributed by atoms with van der Waals surface area (Å²) in [4.78, 5) is 14.7. The number of hydrogen-bond acceptors (Lipinski definition) is 4. The Balaban J connectivity index is 1.93. The highest BCUT2D eigenvalue weighted by Gasteiger charge is 2.24. The molecule has 2 atom stereocenters. The van der Waals surface area contributed by atoms with Crippen LogP contribution in [0, 0.1) is 5.92 Å². The molecule has 2 unspecified atom stereocenters. The highest BCUT2D eigenvalue weighted by atomic mass is 35.5. The minimum Gasteiger partial charge on any atom is -0.481 e. The molecular weight excluding hydrogens is 236 g/mol. The van der Waals surface area contributed by atoms with Gasteiger partial charge in [0.2, 0.25) is 0 Å². The predicted molar refractivity (Wildman–Crippen MR) is 59.4 cm³/mol. The van der Waals surface area contributed by atoms with E-state index in [-0.39, 0.29) is 6.04 Å². The number of anilines is 1. The molecule has 1 aromatic rings. The van der Waals surface area contributed by atoms with Crippen molar-refractivity contribution in [3.8, 4) is 0 Å². The Hall–Kier alpha value is -1.07. The zero-order valence-electron chi connectivity index (χ0n) is 7.68. The van der Waals surface area contributed by atoms with Crippen LogP contribution in [0.5, 0.6) is 0 Å². The molecule has 0 bridgehead atoms. The van der Waals surface area contributed by atoms with Crippen LogP contribution in [0.2, 0.25) is 5.15 Å². The van der Waals surface area contributed by atoms with Crippen LogP contribution in [-0.4, -0.2) is 22.1 Å². The maximum absolute atomic E-state index is 10.7. The van der Waals surface area contributed by atoms with E-state index in [4.69, 9.17) is 16.7 Å². The Kier molecular flexibility index (Phi) is 2.93. The number of aromatic nitrogens is 1. The number of hydrogen-bond donors (Lipinski definition) is 2. The topological polar surface area (TPSA) is 62.2 Å². The smallest absolute Gasteiger partial charge is 0.310 e. The van der Waals surface area contributed by atoms with Crippen molar-refractivity contribution in [2.45, 2.75) is 12.5 Å². The summed E-state index contributed by atoms with van der Waals surface area (Å²) in [6.07, 6.45) is 4.12. The third-order valence-electron chi connectivity index (χ3n) is 2.19. The summed E-state index contributed by atoms with van der Waals surface area (Å²) in [5.74, 6) is -1.18. The van der Waals surface area contributed by atoms with Gasteiger partial charge in [0.1, 0.15) is 5.15 Å². The summed E-state index contributed by atoms with van der Waals surface area (Å²) < 4.78 is 0. The summed E-state index contributed by atoms with van der Waals surface area (Å²) in [5.41, 5.74) is 0. The molecule has 0 saturated heterocycles. The van der Waals surface area contributed by atoms with Crippen molar-refractivity contribution in [1.29, 1.82) is 0 Å². The quantitative estimate of drug-likeness (QED) is 0.801. The van der Waals surface area contributed by atoms with E-state index in [1.165, 1.54) is 11.3 Å². The first-order chi connectivity index (χ1) is 7.15. The van der Waals surface area contributed by atoms with Crippen molar-refractivity contribution in [2.75, 3.05) is 5.32 Å². The minimum absolute atomic E-state index is 0.0355. The molecule has 1 aromatic heterocycles. The fraction of sp³-hybridized carbons (Fsp3) is 0.333. The molecule has 1 aliphatic rings. The van der Waals surface area contributed by atoms with Gasteiger partial charge in [0.05, 0.1) is 5.92 Å². The second-order valence-corrected chi connectivity index (χ2v) is 4.54. The number of thiazole rings is 1. The first-order valence-corrected chi connectivity index (χ1v) is 5.69. The lowest BCUT2D eigenvalue weighted by Gasteiger charge is -2.10. The van der Waals surface area contributed by atoms with Gasteiger partial charge in [-0.05, 0) is 6.42 Å². The van der Waals surface area contributed by atoms with Crippen molar-refractivity contribution in [3.63, 3.8) is 0 Å². The van der Waals surface area contributed by atoms with E-state index in [1.54, 1.807) is 11.5 Å². The summed E-state index contributed by atoms with van der Waals surface area (Å²) in [6, 6.07) is 0.0355. The summed E-state index contributed by atoms with van der Waals surface area (Å²) >= 11 is 7.08. The van der Waals surface area contributed by atoms with Crippen LogP contribution in [0.25, 0.3) is 0 Å². The monoisotopic (exact) mass is 244 g/mol. The first kappa shape index (κ1) is 10.4. The second kappa shape index (κ2) is 4.20. The number of halogens is 1. The Morgan fingerprint density at radius 3 is 3.00 bits per heavy atom. The molecule has 0 aromatic carbocycles. The van der Waals surface area contributed by atoms with E-state index in [0.717, 1.165) is 5.13 Å². The van der Waals surface area contributed by atoms with Crippen molar-refractivity contribution in [1.82, 2.24) is 4.98 Å². The molecule has 0 saturated carbocycles. The third kappa shape index (κ3) is 2.49. The van der Waals surface area contributed by atoms with Crippen LogP contribution in [0.4, 0.5) is 5.13 Å². The van der Waals surface area contributed by atoms with E-state index >= 15 is 0 Å². The van der Waals surface area contributed by atoms with Gasteiger partial charge in [0.25, 0.3) is 0 Å². The zero-order chi connectivity index (χ0) is 10.8. The average molecular weight is 245 g/mol. The van der Waals surface area contributed by atoms with E-state index < -0.39 is 11.9 Å². The highest BCUT2D eigenvalue weighted by Crippen LogP contribution is 2.24. The van der Waals surface area contributed by atoms with E-state index in [2.05, 4.69) is 10.3 Å². The van der Waals surface area contributed by atoms with Crippen LogP contribution in [-0.2, 0) is 4.79 Å². The molecule has 1 aliphatic carbocycles. The van der Waals surface area contributed by atoms with Gasteiger partial charge in [-0.1, -0.05) is 23.8 Å². The van der Waals surface area contributed by atoms with Gasteiger partial charge in [-0.2, -0.15) is 0 Å². The van der Waals surface area contributed by atoms with E-state index in [1.807, 2.05) is 6.08 Å². The number of carbonyl (C=O) groups is 1. The van der Waals surface area contributed by atoms with Crippen molar-refractivity contribution in [3.05, 3.63) is 22.7 Å². The van der Waals surface area contributed by atoms with Gasteiger partial charge in [0.15, 0.2) is 5.13 Å². The number of carboxylic acid groups (broad SMARTS) is 1. The van der Waals surface area contributed by atoms with Crippen molar-refractivity contribution >= 4 is 34.0 Å². The lowest BCUT2D eigenvalue weighted by Crippen LogP contribution is -2.18. The van der Waals surface area contributed by atoms with Gasteiger partial charge < -0.3 is 10.4 Å². The molecule has 0 aliphatic heterocycles. The van der Waals surface area contributed by atoms with Gasteiger partial charge in [-0.15, -0.1) is 11.3 Å². The van der Waals surface area contributed by atoms with Gasteiger partial charge in [0, 0.05) is 11.4 Å². The van der Waals surface area contributed by atoms with Crippen LogP contribution >= 0.6 is 22.9 Å². The Morgan fingerprint density at radius 1 is 1.67 bits per heavy atom. The van der Waals surface area contributed by atoms with Gasteiger partial charge in [-0.25, -0.2) is 4.98 Å². The minimum atomic E-state index is -0.785. The van der Waals surface area contributed by atoms with E-state index in [0.29, 0.717) is 11.6 Å². The van der Waals surface area contributed by atoms with Crippen LogP contribution in [0.1, 0.15) is 6.42 Å². The SMILES string of the molecule is O=C(O)C1C=CC(Nc2nc(Cl)cs2)C1. The van der Waals surface area contributed by atoms with Gasteiger partial charge in [-0.3, -0.25) is 4.79 Å². The zero-order valence-corrected chi connectivity index (χ0v) is 9.26. The van der Waals surface area contributed by atoms with Crippen LogP contribution < -0.4 is 5.32 Å². The van der Waals surface area contributed by atoms with Gasteiger partial charge >= 0.3 is 5.97 Å². The molecule has 15 heavy (non-hydrogen) atoms. The molecule has 0 amide bonds. The highest BCUT2D eigenvalue weighted by molar-refractivity contribution is 7.14. The molecule has 80 valence electrons. The lowest BCUT2D eigenvalue weighted by molar-refractivity contribution is -0.140. The number of nitrogens with one attached hydrogen (secondary N) is 1. The largest absolute Gasteiger partial charge is 0.481 e. The predicted octanol–water partition coefficient (Wildman–Crippen LogP) is 2.24. The van der Waals surface area contributed by atoms with Crippen molar-refractivity contribution in [2.24, 2.45) is 5.92 Å². The summed E-state index contributed by atoms with van der Waals surface area (Å²) in [5, 5.41) is 14.8. The molecule has 4 nitrogen and oxygen atoms in total. The molecule has 2 rings (SSSR count). The van der Waals surface area contributed by atoms with Crippen LogP contribution in [0.15, 0.2) is 17.5 Å². The average Bonchev–Trinajstić information content (AvgIpc) is 2.76. The number of rotatable bonds is 3. The summed E-state index contributed by atoms with van der Waals surface area (Å²) in [6.45, 7) is 0. The Morgan fingerprint density at radius 2 is 2.47 bits per heavy atom. The fourth-order valence-electron chi connectivity index (χ4n) is 1.47. The Bertz CT molecular complexity index is 405. The number of carboxylic acids is 1. The van der Waals surface area contributed by atoms with Crippen LogP contribution in [0.3, 0.4) is 0 Å². The second-order valence-electron chi connectivity index (χ2n) is 3.29. The molecule has 6 heteroatoms. The first-order valence-electron chi connectivity index (χ1n) is 4.44. The van der Waals surface area contributed by atoms with Crippen molar-refractivity contribution < 1.29 is 9.90 Å². The molecule has 2 N–H and O–H groups in total. The molecule has 0 spiro atoms. The Labute approximate surface area is 95.6 Å². The standard InChI is InChI=1S/C9H9ClN2O2S/c10-7-4-15-9(12-7)11-6-2-1-5(3-6)8(13)14/h1-2,4-6H,3H2,(H,11,12)(H,13,14). The number of nitrogens with zero attached hydrogens (tertiary/aromatic N) is 1. The summed E-state index contributed by atoms with van der Waals surface area (Å²) in [7, 11) is 0. The molecule has 0 fully saturated rings. The van der Waals surface area contributed by atoms with E-state index in [9.17, 15) is 4.79 Å². The number of aliphatic carboxylic acids is 1. The fourth-order valence-corrected chi connectivity index (χ4v) is 2.37. The maximum Gasteiger partial charge on any atom is 0.310 e. The third-order valence-corrected chi connectivity index (χ3v) is 3.28.